The van der Waals surface area contributed by atoms with Crippen molar-refractivity contribution in [2.45, 2.75) is 12.8 Å². The zero-order chi connectivity index (χ0) is 21.6. The summed E-state index contributed by atoms with van der Waals surface area (Å²) in [6, 6.07) is 5.26. The normalized spacial score (nSPS) is 15.4. The average molecular weight is 416 g/mol. The number of benzene rings is 1. The number of nitrogens with one attached hydrogen (secondary N) is 2. The predicted octanol–water partition coefficient (Wildman–Crippen LogP) is 3.84. The van der Waals surface area contributed by atoms with Crippen molar-refractivity contribution in [3.05, 3.63) is 77.3 Å². The number of hydrogen-bond acceptors (Lipinski definition) is 6. The maximum absolute atomic E-state index is 12.4. The number of allylic oxidation sites excluding steroid dienone is 5. The summed E-state index contributed by atoms with van der Waals surface area (Å²) in [5, 5.41) is 19.1. The van der Waals surface area contributed by atoms with Crippen LogP contribution in [-0.2, 0) is 9.47 Å². The average Bonchev–Trinajstić information content (AvgIpc) is 3.24. The lowest BCUT2D eigenvalue weighted by Crippen LogP contribution is -2.24. The van der Waals surface area contributed by atoms with E-state index in [2.05, 4.69) is 21.6 Å². The van der Waals surface area contributed by atoms with Gasteiger partial charge in [0.05, 0.1) is 35.3 Å². The van der Waals surface area contributed by atoms with Gasteiger partial charge in [-0.25, -0.2) is 0 Å². The fraction of sp³-hybridized carbons (Fsp3) is 0.174. The quantitative estimate of drug-likeness (QED) is 0.693. The highest BCUT2D eigenvalue weighted by atomic mass is 16.5. The third-order valence-electron chi connectivity index (χ3n) is 4.81. The first-order valence-electron chi connectivity index (χ1n) is 9.69. The monoisotopic (exact) mass is 416 g/mol. The molecule has 156 valence electrons. The molecule has 0 unspecified atom stereocenters. The molecule has 31 heavy (non-hydrogen) atoms. The second-order valence-electron chi connectivity index (χ2n) is 6.75. The van der Waals surface area contributed by atoms with Crippen molar-refractivity contribution in [1.82, 2.24) is 15.5 Å². The molecule has 8 heteroatoms. The standard InChI is InChI=1S/C23H20N4O4/c1-29-22-17(23(28)25-12-11-24)8-10-19-21(22)18(26-27-19)9-7-16-13-30-14-20(31-16)15-5-3-2-4-6-15/h2-3,5,7-10,13-14H,4,6,12H2,1H3,(H,25,28)(H,26,27). The number of methoxy groups -OCH3 is 1. The summed E-state index contributed by atoms with van der Waals surface area (Å²) in [7, 11) is 1.49. The van der Waals surface area contributed by atoms with Crippen LogP contribution in [-0.4, -0.2) is 29.8 Å². The van der Waals surface area contributed by atoms with Crippen molar-refractivity contribution in [2.75, 3.05) is 13.7 Å². The number of aromatic amines is 1. The summed E-state index contributed by atoms with van der Waals surface area (Å²) < 4.78 is 16.9. The number of carbonyl (C=O) groups is 1. The molecule has 0 saturated heterocycles. The molecule has 4 rings (SSSR count). The molecule has 1 aliphatic heterocycles. The Morgan fingerprint density at radius 1 is 1.39 bits per heavy atom. The largest absolute Gasteiger partial charge is 0.495 e. The van der Waals surface area contributed by atoms with Gasteiger partial charge in [0.15, 0.2) is 11.5 Å². The van der Waals surface area contributed by atoms with Crippen LogP contribution in [0.25, 0.3) is 17.0 Å². The number of H-pyrrole nitrogens is 1. The van der Waals surface area contributed by atoms with Crippen molar-refractivity contribution < 1.29 is 19.0 Å². The van der Waals surface area contributed by atoms with E-state index in [0.29, 0.717) is 39.4 Å². The van der Waals surface area contributed by atoms with Gasteiger partial charge < -0.3 is 19.5 Å². The number of fused-ring (bicyclic) bond motifs is 1. The van der Waals surface area contributed by atoms with Crippen LogP contribution in [0.5, 0.6) is 5.75 Å². The van der Waals surface area contributed by atoms with E-state index < -0.39 is 5.91 Å². The summed E-state index contributed by atoms with van der Waals surface area (Å²) in [5.41, 5.74) is 2.67. The molecule has 2 N–H and O–H groups in total. The van der Waals surface area contributed by atoms with Crippen LogP contribution < -0.4 is 10.1 Å². The van der Waals surface area contributed by atoms with Gasteiger partial charge in [-0.3, -0.25) is 9.89 Å². The number of amides is 1. The minimum atomic E-state index is -0.396. The highest BCUT2D eigenvalue weighted by Crippen LogP contribution is 2.33. The molecule has 0 saturated carbocycles. The Bertz CT molecular complexity index is 1210. The summed E-state index contributed by atoms with van der Waals surface area (Å²) in [6.45, 7) is -0.0915. The van der Waals surface area contributed by atoms with Gasteiger partial charge in [0, 0.05) is 0 Å². The Kier molecular flexibility index (Phi) is 5.85. The zero-order valence-electron chi connectivity index (χ0n) is 16.8. The second-order valence-corrected chi connectivity index (χ2v) is 6.75. The fourth-order valence-corrected chi connectivity index (χ4v) is 3.35. The number of hydrogen-bond donors (Lipinski definition) is 2. The lowest BCUT2D eigenvalue weighted by Gasteiger charge is -2.17. The first kappa shape index (κ1) is 20.0. The molecule has 8 nitrogen and oxygen atoms in total. The van der Waals surface area contributed by atoms with E-state index in [4.69, 9.17) is 19.5 Å². The number of carbonyl (C=O) groups excluding carboxylic acids is 1. The van der Waals surface area contributed by atoms with Crippen LogP contribution in [0.15, 0.2) is 66.1 Å². The van der Waals surface area contributed by atoms with Crippen molar-refractivity contribution in [1.29, 1.82) is 5.26 Å². The van der Waals surface area contributed by atoms with Gasteiger partial charge in [-0.05, 0) is 42.7 Å². The van der Waals surface area contributed by atoms with E-state index in [1.807, 2.05) is 18.2 Å². The molecule has 2 aliphatic rings. The highest BCUT2D eigenvalue weighted by Gasteiger charge is 2.19. The van der Waals surface area contributed by atoms with Gasteiger partial charge in [-0.2, -0.15) is 10.4 Å². The molecule has 0 radical (unpaired) electrons. The van der Waals surface area contributed by atoms with Crippen LogP contribution in [0.3, 0.4) is 0 Å². The van der Waals surface area contributed by atoms with Gasteiger partial charge in [0.2, 0.25) is 0 Å². The zero-order valence-corrected chi connectivity index (χ0v) is 16.8. The first-order chi connectivity index (χ1) is 15.2. The Morgan fingerprint density at radius 3 is 3.06 bits per heavy atom. The van der Waals surface area contributed by atoms with Crippen LogP contribution >= 0.6 is 0 Å². The van der Waals surface area contributed by atoms with E-state index in [1.54, 1.807) is 30.5 Å². The third kappa shape index (κ3) is 4.21. The SMILES string of the molecule is COc1c(C(=O)NCC#N)ccc2[nH]nc(C=CC3=COC=C(C4=CC=CCC4)O3)c12. The molecule has 2 aromatic rings. The molecular weight excluding hydrogens is 396 g/mol. The van der Waals surface area contributed by atoms with Gasteiger partial charge in [0.1, 0.15) is 24.8 Å². The van der Waals surface area contributed by atoms with E-state index in [0.717, 1.165) is 18.4 Å². The first-order valence-corrected chi connectivity index (χ1v) is 9.69. The number of aromatic nitrogens is 2. The van der Waals surface area contributed by atoms with Crippen LogP contribution in [0.4, 0.5) is 0 Å². The maximum Gasteiger partial charge on any atom is 0.255 e. The number of rotatable bonds is 6. The minimum Gasteiger partial charge on any atom is -0.495 e. The predicted molar refractivity (Wildman–Crippen MR) is 114 cm³/mol. The molecular formula is C23H20N4O4. The topological polar surface area (TPSA) is 109 Å². The van der Waals surface area contributed by atoms with E-state index in [1.165, 1.54) is 13.4 Å². The van der Waals surface area contributed by atoms with E-state index in [-0.39, 0.29) is 6.54 Å². The number of nitriles is 1. The van der Waals surface area contributed by atoms with Crippen molar-refractivity contribution in [3.63, 3.8) is 0 Å². The summed E-state index contributed by atoms with van der Waals surface area (Å²) in [4.78, 5) is 12.4. The number of nitrogens with zero attached hydrogens (tertiary/aromatic N) is 2. The van der Waals surface area contributed by atoms with Crippen LogP contribution in [0.2, 0.25) is 0 Å². The van der Waals surface area contributed by atoms with Gasteiger partial charge in [0.25, 0.3) is 5.91 Å². The van der Waals surface area contributed by atoms with Crippen molar-refractivity contribution in [2.24, 2.45) is 0 Å². The summed E-state index contributed by atoms with van der Waals surface area (Å²) in [5.74, 6) is 1.17. The smallest absolute Gasteiger partial charge is 0.255 e. The minimum absolute atomic E-state index is 0.0915. The van der Waals surface area contributed by atoms with Crippen LogP contribution in [0.1, 0.15) is 28.9 Å². The van der Waals surface area contributed by atoms with Crippen molar-refractivity contribution in [3.8, 4) is 11.8 Å². The molecule has 0 fully saturated rings. The molecule has 0 atom stereocenters. The molecule has 1 amide bonds. The molecule has 0 spiro atoms. The fourth-order valence-electron chi connectivity index (χ4n) is 3.35. The Hall–Kier alpha value is -4.25. The Morgan fingerprint density at radius 2 is 2.29 bits per heavy atom. The lowest BCUT2D eigenvalue weighted by atomic mass is 10.0. The summed E-state index contributed by atoms with van der Waals surface area (Å²) >= 11 is 0. The van der Waals surface area contributed by atoms with Gasteiger partial charge in [-0.15, -0.1) is 0 Å². The lowest BCUT2D eigenvalue weighted by molar-refractivity contribution is 0.0955. The van der Waals surface area contributed by atoms with Crippen molar-refractivity contribution >= 4 is 22.9 Å². The molecule has 2 heterocycles. The molecule has 1 aliphatic carbocycles. The Labute approximate surface area is 178 Å². The second kappa shape index (κ2) is 9.05. The molecule has 1 aromatic carbocycles. The molecule has 0 bridgehead atoms. The van der Waals surface area contributed by atoms with Gasteiger partial charge in [-0.1, -0.05) is 18.2 Å². The summed E-state index contributed by atoms with van der Waals surface area (Å²) in [6.07, 6.45) is 14.6. The maximum atomic E-state index is 12.4. The highest BCUT2D eigenvalue weighted by molar-refractivity contribution is 6.05. The third-order valence-corrected chi connectivity index (χ3v) is 4.81. The Balaban J connectivity index is 1.60. The molecule has 1 aromatic heterocycles. The van der Waals surface area contributed by atoms with E-state index in [9.17, 15) is 4.79 Å². The van der Waals surface area contributed by atoms with Crippen LogP contribution in [0, 0.1) is 11.3 Å². The van der Waals surface area contributed by atoms with Gasteiger partial charge >= 0.3 is 0 Å². The van der Waals surface area contributed by atoms with E-state index >= 15 is 0 Å². The number of ether oxygens (including phenoxy) is 3.